The minimum Gasteiger partial charge on any atom is -0.480 e. The fraction of sp³-hybridized carbons (Fsp3) is 0.833. The number of methoxy groups -OCH3 is 1. The molecule has 0 spiro atoms. The summed E-state index contributed by atoms with van der Waals surface area (Å²) in [6.45, 7) is 5.63. The zero-order valence-electron chi connectivity index (χ0n) is 11.5. The van der Waals surface area contributed by atoms with Gasteiger partial charge in [-0.15, -0.1) is 0 Å². The van der Waals surface area contributed by atoms with Crippen molar-refractivity contribution in [1.29, 1.82) is 0 Å². The van der Waals surface area contributed by atoms with Crippen molar-refractivity contribution in [3.05, 3.63) is 0 Å². The molecular weight excluding hydrogens is 236 g/mol. The van der Waals surface area contributed by atoms with Crippen LogP contribution >= 0.6 is 0 Å². The first-order valence-corrected chi connectivity index (χ1v) is 6.31. The molecular formula is C12H24N2O4. The zero-order valence-corrected chi connectivity index (χ0v) is 11.5. The molecule has 106 valence electrons. The minimum absolute atomic E-state index is 0.224. The second kappa shape index (κ2) is 9.70. The van der Waals surface area contributed by atoms with E-state index in [4.69, 9.17) is 9.84 Å². The lowest BCUT2D eigenvalue weighted by Gasteiger charge is -2.29. The van der Waals surface area contributed by atoms with E-state index in [1.807, 2.05) is 13.8 Å². The average molecular weight is 260 g/mol. The molecule has 0 aromatic heterocycles. The second-order valence-corrected chi connectivity index (χ2v) is 4.08. The number of carbonyl (C=O) groups is 2. The van der Waals surface area contributed by atoms with E-state index < -0.39 is 5.97 Å². The molecule has 0 unspecified atom stereocenters. The van der Waals surface area contributed by atoms with Crippen molar-refractivity contribution in [2.24, 2.45) is 0 Å². The summed E-state index contributed by atoms with van der Waals surface area (Å²) >= 11 is 0. The molecule has 0 bridgehead atoms. The second-order valence-electron chi connectivity index (χ2n) is 4.08. The highest BCUT2D eigenvalue weighted by Crippen LogP contribution is 2.02. The van der Waals surface area contributed by atoms with E-state index in [1.54, 1.807) is 4.90 Å². The number of urea groups is 1. The molecule has 6 heteroatoms. The van der Waals surface area contributed by atoms with E-state index in [0.717, 1.165) is 12.8 Å². The van der Waals surface area contributed by atoms with Gasteiger partial charge in [-0.2, -0.15) is 0 Å². The van der Waals surface area contributed by atoms with E-state index in [0.29, 0.717) is 26.2 Å². The van der Waals surface area contributed by atoms with Gasteiger partial charge >= 0.3 is 12.0 Å². The first kappa shape index (κ1) is 16.7. The predicted molar refractivity (Wildman–Crippen MR) is 68.6 cm³/mol. The van der Waals surface area contributed by atoms with Crippen LogP contribution in [-0.4, -0.2) is 66.8 Å². The molecule has 0 rings (SSSR count). The smallest absolute Gasteiger partial charge is 0.323 e. The molecule has 6 nitrogen and oxygen atoms in total. The summed E-state index contributed by atoms with van der Waals surface area (Å²) in [7, 11) is 1.53. The maximum absolute atomic E-state index is 12.2. The van der Waals surface area contributed by atoms with Crippen molar-refractivity contribution in [2.45, 2.75) is 26.7 Å². The van der Waals surface area contributed by atoms with Gasteiger partial charge in [0.25, 0.3) is 0 Å². The van der Waals surface area contributed by atoms with E-state index in [-0.39, 0.29) is 12.6 Å². The Labute approximate surface area is 109 Å². The number of hydrogen-bond donors (Lipinski definition) is 1. The number of nitrogens with zero attached hydrogens (tertiary/aromatic N) is 2. The number of carbonyl (C=O) groups excluding carboxylic acids is 1. The topological polar surface area (TPSA) is 70.1 Å². The summed E-state index contributed by atoms with van der Waals surface area (Å²) in [5.74, 6) is -1.01. The summed E-state index contributed by atoms with van der Waals surface area (Å²) in [6, 6.07) is -0.224. The molecule has 0 aromatic rings. The highest BCUT2D eigenvalue weighted by molar-refractivity contribution is 5.80. The first-order chi connectivity index (χ1) is 8.56. The molecule has 18 heavy (non-hydrogen) atoms. The van der Waals surface area contributed by atoms with Crippen LogP contribution in [0.25, 0.3) is 0 Å². The summed E-state index contributed by atoms with van der Waals surface area (Å²) in [4.78, 5) is 26.0. The van der Waals surface area contributed by atoms with Crippen LogP contribution in [0.4, 0.5) is 4.79 Å². The largest absolute Gasteiger partial charge is 0.480 e. The van der Waals surface area contributed by atoms with Crippen molar-refractivity contribution >= 4 is 12.0 Å². The number of carboxylic acid groups (broad SMARTS) is 1. The Morgan fingerprint density at radius 1 is 1.06 bits per heavy atom. The molecule has 0 aliphatic heterocycles. The molecule has 0 saturated carbocycles. The average Bonchev–Trinajstić information content (AvgIpc) is 2.33. The standard InChI is InChI=1S/C12H24N2O4/c1-4-6-13(7-5-2)12(17)14(8-9-18-3)10-11(15)16/h4-10H2,1-3H3,(H,15,16). The van der Waals surface area contributed by atoms with Crippen LogP contribution in [0.3, 0.4) is 0 Å². The van der Waals surface area contributed by atoms with E-state index in [2.05, 4.69) is 0 Å². The molecule has 2 amide bonds. The molecule has 0 aliphatic carbocycles. The van der Waals surface area contributed by atoms with Gasteiger partial charge in [0.1, 0.15) is 6.54 Å². The summed E-state index contributed by atoms with van der Waals surface area (Å²) in [5, 5.41) is 8.82. The third kappa shape index (κ3) is 6.44. The van der Waals surface area contributed by atoms with Crippen LogP contribution in [0.2, 0.25) is 0 Å². The molecule has 0 radical (unpaired) electrons. The molecule has 0 saturated heterocycles. The molecule has 0 fully saturated rings. The van der Waals surface area contributed by atoms with E-state index >= 15 is 0 Å². The van der Waals surface area contributed by atoms with Gasteiger partial charge in [0.2, 0.25) is 0 Å². The van der Waals surface area contributed by atoms with Gasteiger partial charge in [0.05, 0.1) is 6.61 Å². The third-order valence-corrected chi connectivity index (χ3v) is 2.42. The van der Waals surface area contributed by atoms with Gasteiger partial charge < -0.3 is 19.6 Å². The fourth-order valence-electron chi connectivity index (χ4n) is 1.65. The van der Waals surface area contributed by atoms with Gasteiger partial charge in [0, 0.05) is 26.7 Å². The maximum Gasteiger partial charge on any atom is 0.323 e. The molecule has 1 N–H and O–H groups in total. The minimum atomic E-state index is -1.01. The number of hydrogen-bond acceptors (Lipinski definition) is 3. The van der Waals surface area contributed by atoms with Gasteiger partial charge in [-0.3, -0.25) is 4.79 Å². The van der Waals surface area contributed by atoms with Crippen LogP contribution < -0.4 is 0 Å². The number of carboxylic acids is 1. The van der Waals surface area contributed by atoms with E-state index in [9.17, 15) is 9.59 Å². The van der Waals surface area contributed by atoms with Crippen LogP contribution in [0.5, 0.6) is 0 Å². The number of amides is 2. The Morgan fingerprint density at radius 2 is 1.61 bits per heavy atom. The lowest BCUT2D eigenvalue weighted by atomic mass is 10.3. The van der Waals surface area contributed by atoms with Crippen LogP contribution in [0, 0.1) is 0 Å². The van der Waals surface area contributed by atoms with Crippen LogP contribution in [-0.2, 0) is 9.53 Å². The van der Waals surface area contributed by atoms with Crippen molar-refractivity contribution in [1.82, 2.24) is 9.80 Å². The Morgan fingerprint density at radius 3 is 2.00 bits per heavy atom. The summed E-state index contributed by atoms with van der Waals surface area (Å²) in [6.07, 6.45) is 1.72. The van der Waals surface area contributed by atoms with Gasteiger partial charge in [0.15, 0.2) is 0 Å². The van der Waals surface area contributed by atoms with Crippen molar-refractivity contribution in [2.75, 3.05) is 39.9 Å². The van der Waals surface area contributed by atoms with Gasteiger partial charge in [-0.1, -0.05) is 13.8 Å². The van der Waals surface area contributed by atoms with Crippen molar-refractivity contribution in [3.63, 3.8) is 0 Å². The van der Waals surface area contributed by atoms with Crippen molar-refractivity contribution in [3.8, 4) is 0 Å². The predicted octanol–water partition coefficient (Wildman–Crippen LogP) is 1.26. The van der Waals surface area contributed by atoms with E-state index in [1.165, 1.54) is 12.0 Å². The lowest BCUT2D eigenvalue weighted by Crippen LogP contribution is -2.47. The maximum atomic E-state index is 12.2. The highest BCUT2D eigenvalue weighted by atomic mass is 16.5. The Bertz CT molecular complexity index is 252. The monoisotopic (exact) mass is 260 g/mol. The highest BCUT2D eigenvalue weighted by Gasteiger charge is 2.21. The Balaban J connectivity index is 4.60. The van der Waals surface area contributed by atoms with Gasteiger partial charge in [-0.25, -0.2) is 4.79 Å². The number of aliphatic carboxylic acids is 1. The molecule has 0 aliphatic rings. The summed E-state index contributed by atoms with van der Waals surface area (Å²) < 4.78 is 4.90. The molecule has 0 aromatic carbocycles. The van der Waals surface area contributed by atoms with Crippen molar-refractivity contribution < 1.29 is 19.4 Å². The summed E-state index contributed by atoms with van der Waals surface area (Å²) in [5.41, 5.74) is 0. The zero-order chi connectivity index (χ0) is 14.0. The fourth-order valence-corrected chi connectivity index (χ4v) is 1.65. The van der Waals surface area contributed by atoms with Crippen LogP contribution in [0.15, 0.2) is 0 Å². The first-order valence-electron chi connectivity index (χ1n) is 6.31. The molecule has 0 atom stereocenters. The quantitative estimate of drug-likeness (QED) is 0.677. The Kier molecular flexibility index (Phi) is 9.00. The number of rotatable bonds is 9. The number of ether oxygens (including phenoxy) is 1. The van der Waals surface area contributed by atoms with Gasteiger partial charge in [-0.05, 0) is 12.8 Å². The normalized spacial score (nSPS) is 10.2. The molecule has 0 heterocycles. The third-order valence-electron chi connectivity index (χ3n) is 2.42. The van der Waals surface area contributed by atoms with Crippen LogP contribution in [0.1, 0.15) is 26.7 Å². The lowest BCUT2D eigenvalue weighted by molar-refractivity contribution is -0.137. The Hall–Kier alpha value is -1.30. The SMILES string of the molecule is CCCN(CCC)C(=O)N(CCOC)CC(=O)O.